The van der Waals surface area contributed by atoms with Gasteiger partial charge in [0.1, 0.15) is 0 Å². The highest BCUT2D eigenvalue weighted by Gasteiger charge is 2.06. The predicted molar refractivity (Wildman–Crippen MR) is 76.9 cm³/mol. The molecule has 1 rings (SSSR count). The highest BCUT2D eigenvalue weighted by Crippen LogP contribution is 2.03. The Morgan fingerprint density at radius 1 is 1.32 bits per heavy atom. The molecule has 3 N–H and O–H groups in total. The van der Waals surface area contributed by atoms with Crippen LogP contribution < -0.4 is 11.1 Å². The van der Waals surface area contributed by atoms with E-state index in [2.05, 4.69) is 17.4 Å². The maximum atomic E-state index is 11.3. The lowest BCUT2D eigenvalue weighted by Gasteiger charge is -2.13. The molecule has 0 radical (unpaired) electrons. The van der Waals surface area contributed by atoms with Crippen LogP contribution in [0.5, 0.6) is 0 Å². The molecule has 0 spiro atoms. The number of carbonyl (C=O) groups is 1. The quantitative estimate of drug-likeness (QED) is 0.794. The number of ether oxygens (including phenoxy) is 1. The molecule has 1 aromatic rings. The van der Waals surface area contributed by atoms with Crippen molar-refractivity contribution in [3.8, 4) is 0 Å². The van der Waals surface area contributed by atoms with Gasteiger partial charge in [0, 0.05) is 12.6 Å². The molecule has 106 valence electrons. The summed E-state index contributed by atoms with van der Waals surface area (Å²) in [5, 5.41) is 2.71. The van der Waals surface area contributed by atoms with E-state index < -0.39 is 0 Å². The minimum Gasteiger partial charge on any atom is -0.449 e. The van der Waals surface area contributed by atoms with Gasteiger partial charge in [0.2, 0.25) is 0 Å². The Morgan fingerprint density at radius 2 is 2.00 bits per heavy atom. The lowest BCUT2D eigenvalue weighted by atomic mass is 10.0. The molecule has 1 atom stereocenters. The summed E-state index contributed by atoms with van der Waals surface area (Å²) >= 11 is 0. The molecule has 19 heavy (non-hydrogen) atoms. The highest BCUT2D eigenvalue weighted by molar-refractivity contribution is 5.67. The second-order valence-electron chi connectivity index (χ2n) is 5.16. The van der Waals surface area contributed by atoms with Crippen molar-refractivity contribution >= 4 is 6.09 Å². The van der Waals surface area contributed by atoms with Gasteiger partial charge in [0.25, 0.3) is 0 Å². The Kier molecular flexibility index (Phi) is 6.97. The maximum Gasteiger partial charge on any atom is 0.407 e. The van der Waals surface area contributed by atoms with E-state index in [4.69, 9.17) is 10.5 Å². The number of hydrogen-bond donors (Lipinski definition) is 2. The molecule has 0 fully saturated rings. The van der Waals surface area contributed by atoms with E-state index in [-0.39, 0.29) is 12.1 Å². The van der Waals surface area contributed by atoms with E-state index in [0.717, 1.165) is 12.8 Å². The Bertz CT molecular complexity index is 366. The molecule has 0 saturated heterocycles. The van der Waals surface area contributed by atoms with Crippen molar-refractivity contribution in [3.63, 3.8) is 0 Å². The molecule has 0 aliphatic carbocycles. The third-order valence-electron chi connectivity index (χ3n) is 2.67. The zero-order chi connectivity index (χ0) is 14.1. The fourth-order valence-corrected chi connectivity index (χ4v) is 1.67. The van der Waals surface area contributed by atoms with E-state index in [1.165, 1.54) is 5.56 Å². The standard InChI is InChI=1S/C15H24N2O2/c1-12(2)11-19-15(18)17-9-8-14(16)10-13-6-4-3-5-7-13/h3-7,12,14H,8-11,16H2,1-2H3,(H,17,18). The molecular weight excluding hydrogens is 240 g/mol. The van der Waals surface area contributed by atoms with Crippen LogP contribution in [0.1, 0.15) is 25.8 Å². The van der Waals surface area contributed by atoms with Crippen LogP contribution in [-0.4, -0.2) is 25.3 Å². The van der Waals surface area contributed by atoms with Gasteiger partial charge < -0.3 is 15.8 Å². The number of hydrogen-bond acceptors (Lipinski definition) is 3. The number of carbonyl (C=O) groups excluding carboxylic acids is 1. The van der Waals surface area contributed by atoms with Crippen molar-refractivity contribution in [2.75, 3.05) is 13.2 Å². The highest BCUT2D eigenvalue weighted by atomic mass is 16.5. The second kappa shape index (κ2) is 8.53. The minimum atomic E-state index is -0.361. The fraction of sp³-hybridized carbons (Fsp3) is 0.533. The zero-order valence-corrected chi connectivity index (χ0v) is 11.8. The van der Waals surface area contributed by atoms with Gasteiger partial charge in [-0.25, -0.2) is 4.79 Å². The van der Waals surface area contributed by atoms with Gasteiger partial charge in [-0.05, 0) is 24.3 Å². The second-order valence-corrected chi connectivity index (χ2v) is 5.16. The number of nitrogens with one attached hydrogen (secondary N) is 1. The smallest absolute Gasteiger partial charge is 0.407 e. The van der Waals surface area contributed by atoms with Gasteiger partial charge in [0.05, 0.1) is 6.61 Å². The predicted octanol–water partition coefficient (Wildman–Crippen LogP) is 2.33. The van der Waals surface area contributed by atoms with Crippen LogP contribution in [0.15, 0.2) is 30.3 Å². The lowest BCUT2D eigenvalue weighted by molar-refractivity contribution is 0.133. The molecule has 0 saturated carbocycles. The van der Waals surface area contributed by atoms with Gasteiger partial charge >= 0.3 is 6.09 Å². The summed E-state index contributed by atoms with van der Waals surface area (Å²) in [6, 6.07) is 10.2. The summed E-state index contributed by atoms with van der Waals surface area (Å²) in [5.41, 5.74) is 7.24. The topological polar surface area (TPSA) is 64.3 Å². The van der Waals surface area contributed by atoms with Gasteiger partial charge in [0.15, 0.2) is 0 Å². The van der Waals surface area contributed by atoms with Crippen LogP contribution in [0.4, 0.5) is 4.79 Å². The number of rotatable bonds is 7. The normalized spacial score (nSPS) is 12.2. The summed E-state index contributed by atoms with van der Waals surface area (Å²) in [4.78, 5) is 11.3. The van der Waals surface area contributed by atoms with E-state index >= 15 is 0 Å². The van der Waals surface area contributed by atoms with Crippen LogP contribution in [0.2, 0.25) is 0 Å². The Balaban J connectivity index is 2.13. The average molecular weight is 264 g/mol. The Hall–Kier alpha value is -1.55. The van der Waals surface area contributed by atoms with Crippen LogP contribution in [0.3, 0.4) is 0 Å². The number of benzene rings is 1. The first-order valence-electron chi connectivity index (χ1n) is 6.78. The van der Waals surface area contributed by atoms with Crippen molar-refractivity contribution < 1.29 is 9.53 Å². The summed E-state index contributed by atoms with van der Waals surface area (Å²) in [7, 11) is 0. The molecule has 0 bridgehead atoms. The lowest BCUT2D eigenvalue weighted by Crippen LogP contribution is -2.32. The number of amides is 1. The third-order valence-corrected chi connectivity index (χ3v) is 2.67. The largest absolute Gasteiger partial charge is 0.449 e. The minimum absolute atomic E-state index is 0.0489. The van der Waals surface area contributed by atoms with Crippen LogP contribution in [0, 0.1) is 5.92 Å². The van der Waals surface area contributed by atoms with Crippen molar-refractivity contribution in [2.45, 2.75) is 32.7 Å². The van der Waals surface area contributed by atoms with Crippen molar-refractivity contribution in [2.24, 2.45) is 11.7 Å². The van der Waals surface area contributed by atoms with Gasteiger partial charge in [-0.15, -0.1) is 0 Å². The molecule has 1 amide bonds. The first kappa shape index (κ1) is 15.5. The van der Waals surface area contributed by atoms with Crippen LogP contribution in [0.25, 0.3) is 0 Å². The molecule has 4 nitrogen and oxygen atoms in total. The molecule has 1 aromatic carbocycles. The zero-order valence-electron chi connectivity index (χ0n) is 11.8. The average Bonchev–Trinajstić information content (AvgIpc) is 2.37. The van der Waals surface area contributed by atoms with Gasteiger partial charge in [-0.1, -0.05) is 44.2 Å². The van der Waals surface area contributed by atoms with Crippen LogP contribution in [-0.2, 0) is 11.2 Å². The molecule has 0 aliphatic heterocycles. The Labute approximate surface area is 115 Å². The summed E-state index contributed by atoms with van der Waals surface area (Å²) in [6.45, 7) is 5.00. The van der Waals surface area contributed by atoms with Crippen molar-refractivity contribution in [3.05, 3.63) is 35.9 Å². The Morgan fingerprint density at radius 3 is 2.63 bits per heavy atom. The van der Waals surface area contributed by atoms with E-state index in [1.54, 1.807) is 0 Å². The monoisotopic (exact) mass is 264 g/mol. The van der Waals surface area contributed by atoms with Gasteiger partial charge in [-0.2, -0.15) is 0 Å². The first-order valence-corrected chi connectivity index (χ1v) is 6.78. The first-order chi connectivity index (χ1) is 9.08. The van der Waals surface area contributed by atoms with E-state index in [1.807, 2.05) is 32.0 Å². The molecular formula is C15H24N2O2. The van der Waals surface area contributed by atoms with Crippen molar-refractivity contribution in [1.82, 2.24) is 5.32 Å². The maximum absolute atomic E-state index is 11.3. The molecule has 0 aromatic heterocycles. The molecule has 1 unspecified atom stereocenters. The fourth-order valence-electron chi connectivity index (χ4n) is 1.67. The summed E-state index contributed by atoms with van der Waals surface area (Å²) in [6.07, 6.45) is 1.20. The summed E-state index contributed by atoms with van der Waals surface area (Å²) < 4.78 is 5.01. The third kappa shape index (κ3) is 7.47. The van der Waals surface area contributed by atoms with Gasteiger partial charge in [-0.3, -0.25) is 0 Å². The molecule has 0 heterocycles. The molecule has 4 heteroatoms. The number of alkyl carbamates (subject to hydrolysis) is 1. The van der Waals surface area contributed by atoms with E-state index in [0.29, 0.717) is 19.1 Å². The molecule has 0 aliphatic rings. The van der Waals surface area contributed by atoms with Crippen LogP contribution >= 0.6 is 0 Å². The number of nitrogens with two attached hydrogens (primary N) is 1. The summed E-state index contributed by atoms with van der Waals surface area (Å²) in [5.74, 6) is 0.353. The SMILES string of the molecule is CC(C)COC(=O)NCCC(N)Cc1ccccc1. The van der Waals surface area contributed by atoms with E-state index in [9.17, 15) is 4.79 Å². The van der Waals surface area contributed by atoms with Crippen molar-refractivity contribution in [1.29, 1.82) is 0 Å².